The summed E-state index contributed by atoms with van der Waals surface area (Å²) >= 11 is 0. The molecule has 64 heavy (non-hydrogen) atoms. The van der Waals surface area contributed by atoms with E-state index in [1.807, 2.05) is 6.07 Å². The first-order chi connectivity index (χ1) is 31.7. The van der Waals surface area contributed by atoms with Gasteiger partial charge in [-0.2, -0.15) is 0 Å². The second kappa shape index (κ2) is 13.3. The van der Waals surface area contributed by atoms with Crippen molar-refractivity contribution in [1.82, 2.24) is 9.88 Å². The molecular formula is C60H38N4. The van der Waals surface area contributed by atoms with Crippen molar-refractivity contribution in [3.05, 3.63) is 257 Å². The average Bonchev–Trinajstić information content (AvgIpc) is 3.98. The molecule has 1 aliphatic heterocycles. The van der Waals surface area contributed by atoms with E-state index in [0.717, 1.165) is 45.1 Å². The van der Waals surface area contributed by atoms with Crippen molar-refractivity contribution in [2.24, 2.45) is 9.98 Å². The second-order valence-corrected chi connectivity index (χ2v) is 17.3. The van der Waals surface area contributed by atoms with E-state index >= 15 is 0 Å². The van der Waals surface area contributed by atoms with Crippen LogP contribution in [0.5, 0.6) is 0 Å². The fourth-order valence-electron chi connectivity index (χ4n) is 11.3. The van der Waals surface area contributed by atoms with Crippen LogP contribution in [0.25, 0.3) is 71.3 Å². The lowest BCUT2D eigenvalue weighted by Crippen LogP contribution is -2.36. The van der Waals surface area contributed by atoms with Crippen LogP contribution in [0.15, 0.2) is 228 Å². The summed E-state index contributed by atoms with van der Waals surface area (Å²) in [6.45, 7) is 0. The minimum Gasteiger partial charge on any atom is -0.324 e. The molecule has 0 bridgehead atoms. The largest absolute Gasteiger partial charge is 0.324 e. The average molecular weight is 815 g/mol. The van der Waals surface area contributed by atoms with Gasteiger partial charge in [0.2, 0.25) is 0 Å². The predicted octanol–water partition coefficient (Wildman–Crippen LogP) is 13.9. The van der Waals surface area contributed by atoms with E-state index in [0.29, 0.717) is 0 Å². The highest BCUT2D eigenvalue weighted by molar-refractivity contribution is 6.18. The van der Waals surface area contributed by atoms with Crippen LogP contribution in [-0.2, 0) is 5.41 Å². The molecule has 0 amide bonds. The van der Waals surface area contributed by atoms with E-state index in [9.17, 15) is 0 Å². The van der Waals surface area contributed by atoms with Gasteiger partial charge in [0, 0.05) is 33.2 Å². The normalized spacial score (nSPS) is 15.5. The standard InChI is InChI=1S/C60H38N4/c1-3-13-40(14-4-1)57-61-58(63-59(62-57)43-32-34-48-47-20-8-10-24-53(47)64(54(48)36-43)44-17-5-2-6-18-44)41-29-25-37(26-30-41)42-31-33-46-45-19-7-9-21-49(45)60(52(46)35-42)50-22-11-15-38-27-28-39-16-12-23-51(60)56(39)55(38)50/h1-36,59H,(H,61,62,63). The van der Waals surface area contributed by atoms with Gasteiger partial charge in [-0.3, -0.25) is 0 Å². The number of nitrogens with one attached hydrogen (secondary N) is 1. The third-order valence-corrected chi connectivity index (χ3v) is 14.0. The van der Waals surface area contributed by atoms with Crippen LogP contribution >= 0.6 is 0 Å². The number of rotatable bonds is 5. The third-order valence-electron chi connectivity index (χ3n) is 14.0. The number of hydrogen-bond donors (Lipinski definition) is 1. The molecule has 1 N–H and O–H groups in total. The summed E-state index contributed by atoms with van der Waals surface area (Å²) in [6, 6.07) is 79.7. The Morgan fingerprint density at radius 1 is 0.391 bits per heavy atom. The maximum Gasteiger partial charge on any atom is 0.169 e. The highest BCUT2D eigenvalue weighted by Crippen LogP contribution is 2.62. The molecule has 14 rings (SSSR count). The Morgan fingerprint density at radius 2 is 0.969 bits per heavy atom. The van der Waals surface area contributed by atoms with Gasteiger partial charge in [0.05, 0.1) is 16.4 Å². The fraction of sp³-hybridized carbons (Fsp3) is 0.0333. The van der Waals surface area contributed by atoms with Gasteiger partial charge in [0.15, 0.2) is 6.17 Å². The number of fused-ring (bicyclic) bond motifs is 10. The van der Waals surface area contributed by atoms with Crippen LogP contribution in [0.3, 0.4) is 0 Å². The molecule has 298 valence electrons. The molecule has 1 atom stereocenters. The van der Waals surface area contributed by atoms with Gasteiger partial charge in [0.1, 0.15) is 11.7 Å². The number of benzene rings is 10. The van der Waals surface area contributed by atoms with Crippen molar-refractivity contribution < 1.29 is 0 Å². The Morgan fingerprint density at radius 3 is 1.72 bits per heavy atom. The van der Waals surface area contributed by atoms with E-state index in [4.69, 9.17) is 9.98 Å². The van der Waals surface area contributed by atoms with E-state index in [-0.39, 0.29) is 0 Å². The summed E-state index contributed by atoms with van der Waals surface area (Å²) in [4.78, 5) is 10.6. The Balaban J connectivity index is 0.880. The molecule has 1 unspecified atom stereocenters. The van der Waals surface area contributed by atoms with Crippen molar-refractivity contribution in [2.45, 2.75) is 11.6 Å². The summed E-state index contributed by atoms with van der Waals surface area (Å²) < 4.78 is 2.35. The van der Waals surface area contributed by atoms with Crippen molar-refractivity contribution >= 4 is 55.0 Å². The molecule has 1 aromatic heterocycles. The number of aromatic nitrogens is 1. The zero-order chi connectivity index (χ0) is 41.9. The molecule has 0 radical (unpaired) electrons. The van der Waals surface area contributed by atoms with Gasteiger partial charge >= 0.3 is 0 Å². The van der Waals surface area contributed by atoms with Crippen LogP contribution in [0, 0.1) is 0 Å². The molecule has 0 saturated carbocycles. The molecular weight excluding hydrogens is 777 g/mol. The van der Waals surface area contributed by atoms with Crippen LogP contribution < -0.4 is 5.32 Å². The SMILES string of the molecule is c1ccc(C2=NC(c3ccc4c5ccccc5n(-c5ccccc5)c4c3)N=C(c3ccc(-c4ccc5c(c4)C4(c6ccccc6-5)c5cccc6ccc7cccc4c7c56)cc3)N2)cc1. The van der Waals surface area contributed by atoms with Crippen LogP contribution in [-0.4, -0.2) is 16.2 Å². The van der Waals surface area contributed by atoms with E-state index < -0.39 is 11.6 Å². The van der Waals surface area contributed by atoms with E-state index in [1.54, 1.807) is 0 Å². The molecule has 1 spiro atoms. The number of hydrogen-bond acceptors (Lipinski definition) is 3. The third kappa shape index (κ3) is 4.88. The molecule has 11 aromatic rings. The Labute approximate surface area is 370 Å². The van der Waals surface area contributed by atoms with Gasteiger partial charge < -0.3 is 9.88 Å². The molecule has 4 heteroatoms. The summed E-state index contributed by atoms with van der Waals surface area (Å²) in [6.07, 6.45) is -0.447. The summed E-state index contributed by atoms with van der Waals surface area (Å²) in [5.41, 5.74) is 16.5. The number of amidine groups is 2. The van der Waals surface area contributed by atoms with Gasteiger partial charge in [-0.25, -0.2) is 9.98 Å². The minimum atomic E-state index is -0.447. The number of para-hydroxylation sites is 2. The van der Waals surface area contributed by atoms with Crippen LogP contribution in [0.1, 0.15) is 45.1 Å². The highest BCUT2D eigenvalue weighted by Gasteiger charge is 2.50. The minimum absolute atomic E-state index is 0.397. The molecule has 0 fully saturated rings. The molecule has 0 saturated heterocycles. The van der Waals surface area contributed by atoms with Crippen molar-refractivity contribution in [3.63, 3.8) is 0 Å². The Hall–Kier alpha value is -8.34. The van der Waals surface area contributed by atoms with Crippen molar-refractivity contribution in [1.29, 1.82) is 0 Å². The molecule has 3 aliphatic rings. The van der Waals surface area contributed by atoms with E-state index in [2.05, 4.69) is 222 Å². The Kier molecular flexibility index (Phi) is 7.35. The van der Waals surface area contributed by atoms with Crippen molar-refractivity contribution in [2.75, 3.05) is 0 Å². The lowest BCUT2D eigenvalue weighted by molar-refractivity contribution is 0.756. The maximum atomic E-state index is 5.35. The van der Waals surface area contributed by atoms with Gasteiger partial charge in [0.25, 0.3) is 0 Å². The zero-order valence-electron chi connectivity index (χ0n) is 34.7. The first-order valence-corrected chi connectivity index (χ1v) is 22.1. The van der Waals surface area contributed by atoms with Crippen LogP contribution in [0.2, 0.25) is 0 Å². The fourth-order valence-corrected chi connectivity index (χ4v) is 11.3. The molecule has 2 heterocycles. The zero-order valence-corrected chi connectivity index (χ0v) is 34.7. The Bertz CT molecular complexity index is 3740. The number of aliphatic imine (C=N–C) groups is 2. The lowest BCUT2D eigenvalue weighted by atomic mass is 9.70. The van der Waals surface area contributed by atoms with Crippen LogP contribution in [0.4, 0.5) is 0 Å². The first-order valence-electron chi connectivity index (χ1n) is 22.1. The predicted molar refractivity (Wildman–Crippen MR) is 264 cm³/mol. The number of nitrogens with zero attached hydrogens (tertiary/aromatic N) is 3. The monoisotopic (exact) mass is 814 g/mol. The maximum absolute atomic E-state index is 5.35. The lowest BCUT2D eigenvalue weighted by Gasteiger charge is -2.31. The summed E-state index contributed by atoms with van der Waals surface area (Å²) in [7, 11) is 0. The first kappa shape index (κ1) is 35.3. The summed E-state index contributed by atoms with van der Waals surface area (Å²) in [5, 5.41) is 11.4. The highest BCUT2D eigenvalue weighted by atomic mass is 15.2. The molecule has 10 aromatic carbocycles. The quantitative estimate of drug-likeness (QED) is 0.173. The van der Waals surface area contributed by atoms with Gasteiger partial charge in [-0.15, -0.1) is 0 Å². The second-order valence-electron chi connectivity index (χ2n) is 17.3. The smallest absolute Gasteiger partial charge is 0.169 e. The van der Waals surface area contributed by atoms with Crippen molar-refractivity contribution in [3.8, 4) is 27.9 Å². The molecule has 2 aliphatic carbocycles. The molecule has 4 nitrogen and oxygen atoms in total. The topological polar surface area (TPSA) is 41.7 Å². The summed E-state index contributed by atoms with van der Waals surface area (Å²) in [5.74, 6) is 1.59. The van der Waals surface area contributed by atoms with Gasteiger partial charge in [-0.1, -0.05) is 188 Å². The van der Waals surface area contributed by atoms with E-state index in [1.165, 1.54) is 76.8 Å². The van der Waals surface area contributed by atoms with Gasteiger partial charge in [-0.05, 0) is 96.4 Å².